The van der Waals surface area contributed by atoms with Gasteiger partial charge in [0.15, 0.2) is 0 Å². The minimum absolute atomic E-state index is 0.0628. The number of ether oxygens (including phenoxy) is 1. The third-order valence-electron chi connectivity index (χ3n) is 3.87. The third kappa shape index (κ3) is 7.51. The zero-order chi connectivity index (χ0) is 18.8. The fraction of sp³-hybridized carbons (Fsp3) is 0.611. The number of amides is 1. The highest BCUT2D eigenvalue weighted by Crippen LogP contribution is 2.15. The van der Waals surface area contributed by atoms with Crippen LogP contribution in [0.5, 0.6) is 6.01 Å². The molecular weight excluding hydrogens is 318 g/mol. The van der Waals surface area contributed by atoms with Crippen LogP contribution in [0.2, 0.25) is 0 Å². The van der Waals surface area contributed by atoms with Crippen LogP contribution in [0.1, 0.15) is 19.8 Å². The zero-order valence-corrected chi connectivity index (χ0v) is 16.1. The van der Waals surface area contributed by atoms with E-state index in [0.29, 0.717) is 19.1 Å². The Morgan fingerprint density at radius 2 is 2.08 bits per heavy atom. The first kappa shape index (κ1) is 20.9. The highest BCUT2D eigenvalue weighted by Gasteiger charge is 2.17. The summed E-state index contributed by atoms with van der Waals surface area (Å²) in [7, 11) is 7.40. The molecule has 1 aromatic rings. The van der Waals surface area contributed by atoms with Gasteiger partial charge in [-0.1, -0.05) is 6.08 Å². The van der Waals surface area contributed by atoms with Crippen LogP contribution in [-0.4, -0.2) is 79.6 Å². The monoisotopic (exact) mass is 349 g/mol. The van der Waals surface area contributed by atoms with Crippen molar-refractivity contribution in [1.82, 2.24) is 19.8 Å². The second kappa shape index (κ2) is 10.7. The van der Waals surface area contributed by atoms with E-state index in [2.05, 4.69) is 23.5 Å². The van der Waals surface area contributed by atoms with Crippen LogP contribution in [-0.2, 0) is 4.79 Å². The van der Waals surface area contributed by atoms with Crippen molar-refractivity contribution in [2.24, 2.45) is 0 Å². The lowest BCUT2D eigenvalue weighted by Gasteiger charge is -2.25. The van der Waals surface area contributed by atoms with Crippen molar-refractivity contribution in [1.29, 1.82) is 0 Å². The SMILES string of the molecule is C=CCC[C@@H](CN(C)CC(=O)N(C)C)Oc1nccc(N(C)CC)n1. The number of carbonyl (C=O) groups is 1. The Morgan fingerprint density at radius 3 is 2.68 bits per heavy atom. The molecular formula is C18H31N5O2. The quantitative estimate of drug-likeness (QED) is 0.566. The van der Waals surface area contributed by atoms with Gasteiger partial charge in [0.2, 0.25) is 5.91 Å². The van der Waals surface area contributed by atoms with E-state index in [1.165, 1.54) is 0 Å². The molecule has 0 spiro atoms. The molecule has 0 aromatic carbocycles. The molecule has 1 atom stereocenters. The van der Waals surface area contributed by atoms with Gasteiger partial charge in [-0.2, -0.15) is 4.98 Å². The summed E-state index contributed by atoms with van der Waals surface area (Å²) in [6, 6.07) is 2.22. The van der Waals surface area contributed by atoms with E-state index < -0.39 is 0 Å². The number of nitrogens with zero attached hydrogens (tertiary/aromatic N) is 5. The fourth-order valence-corrected chi connectivity index (χ4v) is 2.19. The van der Waals surface area contributed by atoms with Gasteiger partial charge in [-0.15, -0.1) is 6.58 Å². The van der Waals surface area contributed by atoms with Crippen molar-refractivity contribution < 1.29 is 9.53 Å². The number of anilines is 1. The van der Waals surface area contributed by atoms with Crippen molar-refractivity contribution in [3.8, 4) is 6.01 Å². The van der Waals surface area contributed by atoms with Gasteiger partial charge in [0.25, 0.3) is 0 Å². The van der Waals surface area contributed by atoms with Crippen molar-refractivity contribution in [3.63, 3.8) is 0 Å². The van der Waals surface area contributed by atoms with Crippen molar-refractivity contribution >= 4 is 11.7 Å². The van der Waals surface area contributed by atoms with Crippen LogP contribution < -0.4 is 9.64 Å². The molecule has 1 amide bonds. The summed E-state index contributed by atoms with van der Waals surface area (Å²) in [5, 5.41) is 0. The first-order valence-electron chi connectivity index (χ1n) is 8.57. The predicted molar refractivity (Wildman–Crippen MR) is 101 cm³/mol. The first-order valence-corrected chi connectivity index (χ1v) is 8.57. The third-order valence-corrected chi connectivity index (χ3v) is 3.87. The number of likely N-dealkylation sites (N-methyl/N-ethyl adjacent to an activating group) is 2. The molecule has 0 aliphatic carbocycles. The lowest BCUT2D eigenvalue weighted by Crippen LogP contribution is -2.40. The van der Waals surface area contributed by atoms with Crippen molar-refractivity contribution in [2.45, 2.75) is 25.9 Å². The Bertz CT molecular complexity index is 550. The van der Waals surface area contributed by atoms with Gasteiger partial charge in [0, 0.05) is 40.4 Å². The van der Waals surface area contributed by atoms with Gasteiger partial charge in [0.05, 0.1) is 6.54 Å². The maximum atomic E-state index is 11.9. The average molecular weight is 349 g/mol. The summed E-state index contributed by atoms with van der Waals surface area (Å²) >= 11 is 0. The van der Waals surface area contributed by atoms with Gasteiger partial charge >= 0.3 is 6.01 Å². The molecule has 0 saturated carbocycles. The number of hydrogen-bond donors (Lipinski definition) is 0. The van der Waals surface area contributed by atoms with Gasteiger partial charge in [0.1, 0.15) is 11.9 Å². The summed E-state index contributed by atoms with van der Waals surface area (Å²) < 4.78 is 6.00. The van der Waals surface area contributed by atoms with Gasteiger partial charge in [-0.05, 0) is 32.9 Å². The standard InChI is InChI=1S/C18H31N5O2/c1-7-9-10-15(13-22(5)14-17(24)21(3)4)25-18-19-12-11-16(20-18)23(6)8-2/h7,11-12,15H,1,8-10,13-14H2,2-6H3/t15-/m0/s1. The number of allylic oxidation sites excluding steroid dienone is 1. The smallest absolute Gasteiger partial charge is 0.318 e. The fourth-order valence-electron chi connectivity index (χ4n) is 2.19. The zero-order valence-electron chi connectivity index (χ0n) is 16.1. The number of rotatable bonds is 11. The van der Waals surface area contributed by atoms with Gasteiger partial charge < -0.3 is 14.5 Å². The first-order chi connectivity index (χ1) is 11.9. The molecule has 7 heteroatoms. The molecule has 1 rings (SSSR count). The van der Waals surface area contributed by atoms with Crippen molar-refractivity contribution in [2.75, 3.05) is 52.7 Å². The van der Waals surface area contributed by atoms with Crippen LogP contribution in [0.15, 0.2) is 24.9 Å². The molecule has 0 aliphatic heterocycles. The molecule has 140 valence electrons. The molecule has 0 fully saturated rings. The molecule has 0 radical (unpaired) electrons. The minimum Gasteiger partial charge on any atom is -0.459 e. The van der Waals surface area contributed by atoms with Crippen LogP contribution in [0.25, 0.3) is 0 Å². The van der Waals surface area contributed by atoms with E-state index in [1.54, 1.807) is 25.2 Å². The molecule has 0 saturated heterocycles. The molecule has 0 aliphatic rings. The van der Waals surface area contributed by atoms with Crippen LogP contribution >= 0.6 is 0 Å². The van der Waals surface area contributed by atoms with Gasteiger partial charge in [-0.25, -0.2) is 4.98 Å². The maximum absolute atomic E-state index is 11.9. The second-order valence-corrected chi connectivity index (χ2v) is 6.30. The Balaban J connectivity index is 2.75. The van der Waals surface area contributed by atoms with Crippen LogP contribution in [0, 0.1) is 0 Å². The summed E-state index contributed by atoms with van der Waals surface area (Å²) in [5.74, 6) is 0.888. The number of hydrogen-bond acceptors (Lipinski definition) is 6. The topological polar surface area (TPSA) is 61.8 Å². The Hall–Kier alpha value is -2.15. The van der Waals surface area contributed by atoms with E-state index >= 15 is 0 Å². The largest absolute Gasteiger partial charge is 0.459 e. The van der Waals surface area contributed by atoms with E-state index in [0.717, 1.165) is 25.2 Å². The molecule has 1 aromatic heterocycles. The lowest BCUT2D eigenvalue weighted by molar-refractivity contribution is -0.129. The molecule has 1 heterocycles. The van der Waals surface area contributed by atoms with Crippen LogP contribution in [0.4, 0.5) is 5.82 Å². The normalized spacial score (nSPS) is 11.9. The summed E-state index contributed by atoms with van der Waals surface area (Å²) in [5.41, 5.74) is 0. The van der Waals surface area contributed by atoms with E-state index in [4.69, 9.17) is 4.74 Å². The summed E-state index contributed by atoms with van der Waals surface area (Å²) in [6.45, 7) is 7.65. The Kier molecular flexibility index (Phi) is 8.91. The molecule has 7 nitrogen and oxygen atoms in total. The lowest BCUT2D eigenvalue weighted by atomic mass is 10.2. The second-order valence-electron chi connectivity index (χ2n) is 6.30. The van der Waals surface area contributed by atoms with E-state index in [9.17, 15) is 4.79 Å². The molecule has 0 unspecified atom stereocenters. The molecule has 25 heavy (non-hydrogen) atoms. The summed E-state index contributed by atoms with van der Waals surface area (Å²) in [6.07, 6.45) is 5.08. The predicted octanol–water partition coefficient (Wildman–Crippen LogP) is 1.67. The average Bonchev–Trinajstić information content (AvgIpc) is 2.58. The van der Waals surface area contributed by atoms with Crippen molar-refractivity contribution in [3.05, 3.63) is 24.9 Å². The Labute approximate surface area is 151 Å². The molecule has 0 bridgehead atoms. The minimum atomic E-state index is -0.111. The number of aromatic nitrogens is 2. The maximum Gasteiger partial charge on any atom is 0.318 e. The number of carbonyl (C=O) groups excluding carboxylic acids is 1. The van der Waals surface area contributed by atoms with E-state index in [1.807, 2.05) is 36.0 Å². The van der Waals surface area contributed by atoms with Crippen LogP contribution in [0.3, 0.4) is 0 Å². The van der Waals surface area contributed by atoms with E-state index in [-0.39, 0.29) is 12.0 Å². The highest BCUT2D eigenvalue weighted by atomic mass is 16.5. The molecule has 0 N–H and O–H groups in total. The Morgan fingerprint density at radius 1 is 1.36 bits per heavy atom. The van der Waals surface area contributed by atoms with Gasteiger partial charge in [-0.3, -0.25) is 9.69 Å². The summed E-state index contributed by atoms with van der Waals surface area (Å²) in [4.78, 5) is 26.1. The highest BCUT2D eigenvalue weighted by molar-refractivity contribution is 5.77.